The molecule has 1 amide bonds. The minimum atomic E-state index is -3.46. The normalized spacial score (nSPS) is 17.9. The van der Waals surface area contributed by atoms with E-state index in [-0.39, 0.29) is 34.9 Å². The molecule has 2 aromatic carbocycles. The van der Waals surface area contributed by atoms with Crippen LogP contribution < -0.4 is 9.64 Å². The lowest BCUT2D eigenvalue weighted by molar-refractivity contribution is -0.136. The second-order valence-corrected chi connectivity index (χ2v) is 11.4. The van der Waals surface area contributed by atoms with Crippen molar-refractivity contribution in [3.8, 4) is 16.9 Å². The molecule has 1 fully saturated rings. The molecular weight excluding hydrogens is 501 g/mol. The SMILES string of the molecule is Cc1nn(C)c(COC2COC2)c1CN1C(=O)[C@@H](C)Oc2c(F)cc(-c3cccc(S(C)(=O)=O)c3)cc21. The fourth-order valence-electron chi connectivity index (χ4n) is 4.50. The number of amides is 1. The molecule has 37 heavy (non-hydrogen) atoms. The van der Waals surface area contributed by atoms with Gasteiger partial charge < -0.3 is 19.1 Å². The van der Waals surface area contributed by atoms with Crippen LogP contribution in [0.5, 0.6) is 5.75 Å². The number of aryl methyl sites for hydroxylation is 2. The van der Waals surface area contributed by atoms with E-state index < -0.39 is 21.8 Å². The molecule has 1 atom stereocenters. The van der Waals surface area contributed by atoms with Crippen molar-refractivity contribution in [2.24, 2.45) is 7.05 Å². The van der Waals surface area contributed by atoms with E-state index in [9.17, 15) is 13.2 Å². The van der Waals surface area contributed by atoms with Crippen LogP contribution in [-0.4, -0.2) is 55.8 Å². The molecule has 1 aromatic heterocycles. The molecular formula is C26H28FN3O6S. The third kappa shape index (κ3) is 4.86. The largest absolute Gasteiger partial charge is 0.476 e. The highest BCUT2D eigenvalue weighted by Crippen LogP contribution is 2.41. The average Bonchev–Trinajstić information content (AvgIpc) is 3.08. The number of benzene rings is 2. The number of hydrogen-bond acceptors (Lipinski definition) is 7. The number of fused-ring (bicyclic) bond motifs is 1. The van der Waals surface area contributed by atoms with Gasteiger partial charge in [-0.05, 0) is 49.2 Å². The Hall–Kier alpha value is -3.28. The van der Waals surface area contributed by atoms with Gasteiger partial charge in [0, 0.05) is 18.9 Å². The van der Waals surface area contributed by atoms with Gasteiger partial charge in [-0.25, -0.2) is 12.8 Å². The predicted molar refractivity (Wildman–Crippen MR) is 134 cm³/mol. The van der Waals surface area contributed by atoms with Crippen LogP contribution in [0.2, 0.25) is 0 Å². The third-order valence-electron chi connectivity index (χ3n) is 6.67. The fourth-order valence-corrected chi connectivity index (χ4v) is 5.17. The van der Waals surface area contributed by atoms with Crippen LogP contribution >= 0.6 is 0 Å². The van der Waals surface area contributed by atoms with Crippen molar-refractivity contribution >= 4 is 21.4 Å². The average molecular weight is 530 g/mol. The Morgan fingerprint density at radius 1 is 1.19 bits per heavy atom. The molecule has 2 aliphatic rings. The van der Waals surface area contributed by atoms with Gasteiger partial charge in [-0.2, -0.15) is 5.10 Å². The third-order valence-corrected chi connectivity index (χ3v) is 7.78. The van der Waals surface area contributed by atoms with Crippen LogP contribution in [0, 0.1) is 12.7 Å². The summed E-state index contributed by atoms with van der Waals surface area (Å²) in [5.74, 6) is -0.990. The first-order valence-electron chi connectivity index (χ1n) is 11.9. The van der Waals surface area contributed by atoms with Crippen LogP contribution in [0.3, 0.4) is 0 Å². The lowest BCUT2D eigenvalue weighted by Crippen LogP contribution is -2.44. The summed E-state index contributed by atoms with van der Waals surface area (Å²) in [5, 5.41) is 4.52. The Morgan fingerprint density at radius 3 is 2.62 bits per heavy atom. The van der Waals surface area contributed by atoms with Crippen molar-refractivity contribution in [2.45, 2.75) is 44.1 Å². The van der Waals surface area contributed by atoms with E-state index in [1.807, 2.05) is 14.0 Å². The summed E-state index contributed by atoms with van der Waals surface area (Å²) in [4.78, 5) is 14.9. The number of anilines is 1. The van der Waals surface area contributed by atoms with E-state index in [2.05, 4.69) is 5.10 Å². The summed E-state index contributed by atoms with van der Waals surface area (Å²) in [6, 6.07) is 9.20. The maximum absolute atomic E-state index is 15.4. The zero-order valence-electron chi connectivity index (χ0n) is 21.0. The van der Waals surface area contributed by atoms with Crippen LogP contribution in [0.25, 0.3) is 11.1 Å². The second kappa shape index (κ2) is 9.55. The van der Waals surface area contributed by atoms with Crippen molar-refractivity contribution in [3.05, 3.63) is 59.2 Å². The van der Waals surface area contributed by atoms with Crippen LogP contribution in [-0.2, 0) is 44.3 Å². The Bertz CT molecular complexity index is 1480. The molecule has 3 aromatic rings. The molecule has 0 N–H and O–H groups in total. The van der Waals surface area contributed by atoms with Gasteiger partial charge in [-0.1, -0.05) is 12.1 Å². The summed E-state index contributed by atoms with van der Waals surface area (Å²) >= 11 is 0. The first kappa shape index (κ1) is 25.4. The van der Waals surface area contributed by atoms with Crippen molar-refractivity contribution in [3.63, 3.8) is 0 Å². The number of hydrogen-bond donors (Lipinski definition) is 0. The molecule has 0 spiro atoms. The van der Waals surface area contributed by atoms with E-state index in [1.54, 1.807) is 29.8 Å². The number of carbonyl (C=O) groups is 1. The molecule has 0 saturated carbocycles. The Kier molecular flexibility index (Phi) is 6.55. The van der Waals surface area contributed by atoms with Gasteiger partial charge in [0.05, 0.1) is 48.3 Å². The van der Waals surface area contributed by atoms with E-state index in [0.29, 0.717) is 30.9 Å². The van der Waals surface area contributed by atoms with Crippen molar-refractivity contribution < 1.29 is 31.8 Å². The summed E-state index contributed by atoms with van der Waals surface area (Å²) in [5.41, 5.74) is 3.55. The molecule has 0 radical (unpaired) electrons. The van der Waals surface area contributed by atoms with E-state index >= 15 is 4.39 Å². The van der Waals surface area contributed by atoms with Crippen molar-refractivity contribution in [1.29, 1.82) is 0 Å². The van der Waals surface area contributed by atoms with Crippen LogP contribution in [0.1, 0.15) is 23.9 Å². The number of nitrogens with zero attached hydrogens (tertiary/aromatic N) is 3. The highest BCUT2D eigenvalue weighted by Gasteiger charge is 2.35. The molecule has 9 nitrogen and oxygen atoms in total. The van der Waals surface area contributed by atoms with Gasteiger partial charge in [0.2, 0.25) is 0 Å². The van der Waals surface area contributed by atoms with E-state index in [1.165, 1.54) is 23.1 Å². The highest BCUT2D eigenvalue weighted by molar-refractivity contribution is 7.90. The summed E-state index contributed by atoms with van der Waals surface area (Å²) in [6.45, 7) is 4.97. The Balaban J connectivity index is 1.55. The van der Waals surface area contributed by atoms with Gasteiger partial charge in [0.15, 0.2) is 27.5 Å². The summed E-state index contributed by atoms with van der Waals surface area (Å²) in [7, 11) is -1.64. The maximum Gasteiger partial charge on any atom is 0.268 e. The van der Waals surface area contributed by atoms with E-state index in [0.717, 1.165) is 23.2 Å². The quantitative estimate of drug-likeness (QED) is 0.464. The number of ether oxygens (including phenoxy) is 3. The number of sulfone groups is 1. The van der Waals surface area contributed by atoms with Gasteiger partial charge in [0.1, 0.15) is 6.10 Å². The molecule has 5 rings (SSSR count). The van der Waals surface area contributed by atoms with E-state index in [4.69, 9.17) is 14.2 Å². The molecule has 0 bridgehead atoms. The second-order valence-electron chi connectivity index (χ2n) is 9.40. The van der Waals surface area contributed by atoms with Crippen molar-refractivity contribution in [2.75, 3.05) is 24.4 Å². The molecule has 3 heterocycles. The molecule has 1 saturated heterocycles. The zero-order chi connectivity index (χ0) is 26.5. The molecule has 0 unspecified atom stereocenters. The Labute approximate surface area is 214 Å². The Morgan fingerprint density at radius 2 is 1.95 bits per heavy atom. The highest BCUT2D eigenvalue weighted by atomic mass is 32.2. The summed E-state index contributed by atoms with van der Waals surface area (Å²) in [6.07, 6.45) is 0.253. The number of rotatable bonds is 7. The first-order chi connectivity index (χ1) is 17.5. The predicted octanol–water partition coefficient (Wildman–Crippen LogP) is 3.17. The monoisotopic (exact) mass is 529 g/mol. The lowest BCUT2D eigenvalue weighted by Gasteiger charge is -2.34. The van der Waals surface area contributed by atoms with Crippen molar-refractivity contribution in [1.82, 2.24) is 9.78 Å². The number of halogens is 1. The molecule has 2 aliphatic heterocycles. The minimum absolute atomic E-state index is 0.0215. The van der Waals surface area contributed by atoms with Gasteiger partial charge in [-0.3, -0.25) is 9.48 Å². The van der Waals surface area contributed by atoms with Gasteiger partial charge in [0.25, 0.3) is 5.91 Å². The zero-order valence-corrected chi connectivity index (χ0v) is 21.8. The molecule has 0 aliphatic carbocycles. The maximum atomic E-state index is 15.4. The number of carbonyl (C=O) groups excluding carboxylic acids is 1. The number of aromatic nitrogens is 2. The standard InChI is InChI=1S/C26H28FN3O6S/c1-15-21(24(29(3)28-15)14-35-19-12-34-13-19)11-30-23-10-18(9-22(27)25(23)36-16(2)26(30)31)17-6-5-7-20(8-17)37(4,32)33/h5-10,16,19H,11-14H2,1-4H3/t16-/m1/s1. The topological polar surface area (TPSA) is 100.0 Å². The lowest BCUT2D eigenvalue weighted by atomic mass is 10.0. The molecule has 196 valence electrons. The summed E-state index contributed by atoms with van der Waals surface area (Å²) < 4.78 is 58.0. The minimum Gasteiger partial charge on any atom is -0.476 e. The van der Waals surface area contributed by atoms with Crippen LogP contribution in [0.4, 0.5) is 10.1 Å². The molecule has 11 heteroatoms. The first-order valence-corrected chi connectivity index (χ1v) is 13.7. The smallest absolute Gasteiger partial charge is 0.268 e. The van der Waals surface area contributed by atoms with Gasteiger partial charge >= 0.3 is 0 Å². The van der Waals surface area contributed by atoms with Gasteiger partial charge in [-0.15, -0.1) is 0 Å². The fraction of sp³-hybridized carbons (Fsp3) is 0.385. The van der Waals surface area contributed by atoms with Crippen LogP contribution in [0.15, 0.2) is 41.3 Å².